The monoisotopic (exact) mass is 292 g/mol. The van der Waals surface area contributed by atoms with Crippen LogP contribution in [0.25, 0.3) is 0 Å². The van der Waals surface area contributed by atoms with Crippen LogP contribution < -0.4 is 4.74 Å². The second-order valence-corrected chi connectivity index (χ2v) is 6.23. The fraction of sp³-hybridized carbons (Fsp3) is 0.684. The van der Waals surface area contributed by atoms with Crippen LogP contribution in [0.3, 0.4) is 0 Å². The van der Waals surface area contributed by atoms with E-state index in [1.54, 1.807) is 7.11 Å². The zero-order valence-corrected chi connectivity index (χ0v) is 14.0. The van der Waals surface area contributed by atoms with Gasteiger partial charge in [0.1, 0.15) is 5.75 Å². The first kappa shape index (κ1) is 18.0. The Bertz CT molecular complexity index is 368. The number of rotatable bonds is 11. The molecule has 1 aromatic rings. The second kappa shape index (κ2) is 9.83. The summed E-state index contributed by atoms with van der Waals surface area (Å²) in [6.07, 6.45) is 11.2. The highest BCUT2D eigenvalue weighted by Crippen LogP contribution is 2.28. The van der Waals surface area contributed by atoms with E-state index in [1.165, 1.54) is 44.9 Å². The molecule has 1 aromatic carbocycles. The third-order valence-corrected chi connectivity index (χ3v) is 4.23. The van der Waals surface area contributed by atoms with Gasteiger partial charge < -0.3 is 9.84 Å². The molecule has 0 aliphatic heterocycles. The molecule has 0 aliphatic carbocycles. The van der Waals surface area contributed by atoms with Gasteiger partial charge in [-0.25, -0.2) is 0 Å². The molecule has 2 heteroatoms. The van der Waals surface area contributed by atoms with Crippen molar-refractivity contribution in [3.05, 3.63) is 29.8 Å². The van der Waals surface area contributed by atoms with Crippen LogP contribution in [0, 0.1) is 0 Å². The summed E-state index contributed by atoms with van der Waals surface area (Å²) in [5, 5.41) is 10.6. The molecule has 1 N–H and O–H groups in total. The van der Waals surface area contributed by atoms with Crippen LogP contribution in [0.5, 0.6) is 5.75 Å². The van der Waals surface area contributed by atoms with E-state index in [0.717, 1.165) is 24.2 Å². The Kier molecular flexibility index (Phi) is 8.44. The summed E-state index contributed by atoms with van der Waals surface area (Å²) in [6.45, 7) is 4.16. The SMILES string of the molecule is CCCCCCCCCCC(C)(O)c1ccc(OC)cc1. The van der Waals surface area contributed by atoms with Crippen LogP contribution in [0.15, 0.2) is 24.3 Å². The largest absolute Gasteiger partial charge is 0.497 e. The Labute approximate surface area is 130 Å². The molecule has 0 aliphatic rings. The molecule has 0 saturated carbocycles. The molecule has 120 valence electrons. The van der Waals surface area contributed by atoms with Gasteiger partial charge in [0.25, 0.3) is 0 Å². The van der Waals surface area contributed by atoms with Gasteiger partial charge in [0.2, 0.25) is 0 Å². The maximum absolute atomic E-state index is 10.6. The lowest BCUT2D eigenvalue weighted by Gasteiger charge is -2.24. The van der Waals surface area contributed by atoms with Crippen molar-refractivity contribution in [2.24, 2.45) is 0 Å². The van der Waals surface area contributed by atoms with E-state index >= 15 is 0 Å². The molecule has 2 nitrogen and oxygen atoms in total. The smallest absolute Gasteiger partial charge is 0.118 e. The van der Waals surface area contributed by atoms with E-state index in [2.05, 4.69) is 6.92 Å². The van der Waals surface area contributed by atoms with Crippen LogP contribution in [0.2, 0.25) is 0 Å². The van der Waals surface area contributed by atoms with Crippen LogP contribution >= 0.6 is 0 Å². The molecular weight excluding hydrogens is 260 g/mol. The van der Waals surface area contributed by atoms with Crippen molar-refractivity contribution in [2.45, 2.75) is 77.2 Å². The summed E-state index contributed by atoms with van der Waals surface area (Å²) in [7, 11) is 1.66. The quantitative estimate of drug-likeness (QED) is 0.551. The van der Waals surface area contributed by atoms with Crippen LogP contribution in [-0.4, -0.2) is 12.2 Å². The highest BCUT2D eigenvalue weighted by atomic mass is 16.5. The number of benzene rings is 1. The van der Waals surface area contributed by atoms with Gasteiger partial charge in [0.05, 0.1) is 12.7 Å². The molecule has 0 saturated heterocycles. The van der Waals surface area contributed by atoms with E-state index in [0.29, 0.717) is 0 Å². The number of ether oxygens (including phenoxy) is 1. The van der Waals surface area contributed by atoms with Crippen molar-refractivity contribution in [3.63, 3.8) is 0 Å². The standard InChI is InChI=1S/C19H32O2/c1-4-5-6-7-8-9-10-11-16-19(2,20)17-12-14-18(21-3)15-13-17/h12-15,20H,4-11,16H2,1-3H3. The number of hydrogen-bond acceptors (Lipinski definition) is 2. The third-order valence-electron chi connectivity index (χ3n) is 4.23. The van der Waals surface area contributed by atoms with E-state index in [4.69, 9.17) is 4.74 Å². The Balaban J connectivity index is 2.22. The molecular formula is C19H32O2. The summed E-state index contributed by atoms with van der Waals surface area (Å²) >= 11 is 0. The highest BCUT2D eigenvalue weighted by molar-refractivity contribution is 5.30. The van der Waals surface area contributed by atoms with Gasteiger partial charge >= 0.3 is 0 Å². The molecule has 0 heterocycles. The van der Waals surface area contributed by atoms with Crippen molar-refractivity contribution in [2.75, 3.05) is 7.11 Å². The van der Waals surface area contributed by atoms with Gasteiger partial charge in [-0.2, -0.15) is 0 Å². The predicted octanol–water partition coefficient (Wildman–Crippen LogP) is 5.43. The molecule has 0 radical (unpaired) electrons. The normalized spacial score (nSPS) is 13.9. The lowest BCUT2D eigenvalue weighted by molar-refractivity contribution is 0.0448. The Morgan fingerprint density at radius 1 is 0.905 bits per heavy atom. The minimum Gasteiger partial charge on any atom is -0.497 e. The van der Waals surface area contributed by atoms with Gasteiger partial charge in [-0.1, -0.05) is 70.4 Å². The van der Waals surface area contributed by atoms with Gasteiger partial charge in [-0.15, -0.1) is 0 Å². The zero-order valence-electron chi connectivity index (χ0n) is 14.0. The van der Waals surface area contributed by atoms with Crippen molar-refractivity contribution in [3.8, 4) is 5.75 Å². The summed E-state index contributed by atoms with van der Waals surface area (Å²) in [5.74, 6) is 0.835. The Morgan fingerprint density at radius 3 is 1.95 bits per heavy atom. The fourth-order valence-electron chi connectivity index (χ4n) is 2.70. The Morgan fingerprint density at radius 2 is 1.43 bits per heavy atom. The highest BCUT2D eigenvalue weighted by Gasteiger charge is 2.22. The lowest BCUT2D eigenvalue weighted by Crippen LogP contribution is -2.20. The number of methoxy groups -OCH3 is 1. The lowest BCUT2D eigenvalue weighted by atomic mass is 9.90. The predicted molar refractivity (Wildman–Crippen MR) is 89.8 cm³/mol. The van der Waals surface area contributed by atoms with Gasteiger partial charge in [0.15, 0.2) is 0 Å². The molecule has 0 aromatic heterocycles. The topological polar surface area (TPSA) is 29.5 Å². The molecule has 21 heavy (non-hydrogen) atoms. The first-order valence-corrected chi connectivity index (χ1v) is 8.47. The fourth-order valence-corrected chi connectivity index (χ4v) is 2.70. The number of unbranched alkanes of at least 4 members (excludes halogenated alkanes) is 7. The molecule has 0 amide bonds. The number of aliphatic hydroxyl groups is 1. The average molecular weight is 292 g/mol. The summed E-state index contributed by atoms with van der Waals surface area (Å²) in [6, 6.07) is 7.75. The first-order chi connectivity index (χ1) is 10.1. The van der Waals surface area contributed by atoms with Crippen molar-refractivity contribution in [1.29, 1.82) is 0 Å². The Hall–Kier alpha value is -1.02. The van der Waals surface area contributed by atoms with Gasteiger partial charge in [-0.3, -0.25) is 0 Å². The summed E-state index contributed by atoms with van der Waals surface area (Å²) in [4.78, 5) is 0. The molecule has 0 bridgehead atoms. The minimum absolute atomic E-state index is 0.728. The van der Waals surface area contributed by atoms with Crippen molar-refractivity contribution < 1.29 is 9.84 Å². The summed E-state index contributed by atoms with van der Waals surface area (Å²) < 4.78 is 5.15. The first-order valence-electron chi connectivity index (χ1n) is 8.47. The van der Waals surface area contributed by atoms with Gasteiger partial charge in [0, 0.05) is 0 Å². The van der Waals surface area contributed by atoms with Crippen LogP contribution in [0.4, 0.5) is 0 Å². The third kappa shape index (κ3) is 6.99. The molecule has 1 rings (SSSR count). The van der Waals surface area contributed by atoms with E-state index in [-0.39, 0.29) is 0 Å². The van der Waals surface area contributed by atoms with Crippen molar-refractivity contribution in [1.82, 2.24) is 0 Å². The molecule has 0 fully saturated rings. The van der Waals surface area contributed by atoms with Crippen molar-refractivity contribution >= 4 is 0 Å². The molecule has 1 unspecified atom stereocenters. The number of hydrogen-bond donors (Lipinski definition) is 1. The van der Waals surface area contributed by atoms with Crippen LogP contribution in [-0.2, 0) is 5.60 Å². The second-order valence-electron chi connectivity index (χ2n) is 6.23. The molecule has 0 spiro atoms. The van der Waals surface area contributed by atoms with E-state index in [9.17, 15) is 5.11 Å². The van der Waals surface area contributed by atoms with E-state index < -0.39 is 5.60 Å². The molecule has 1 atom stereocenters. The maximum Gasteiger partial charge on any atom is 0.118 e. The van der Waals surface area contributed by atoms with Gasteiger partial charge in [-0.05, 0) is 31.0 Å². The maximum atomic E-state index is 10.6. The zero-order chi connectivity index (χ0) is 15.6. The average Bonchev–Trinajstić information content (AvgIpc) is 2.50. The minimum atomic E-state index is -0.728. The summed E-state index contributed by atoms with van der Waals surface area (Å²) in [5.41, 5.74) is 0.250. The van der Waals surface area contributed by atoms with E-state index in [1.807, 2.05) is 31.2 Å². The van der Waals surface area contributed by atoms with Crippen LogP contribution in [0.1, 0.15) is 77.2 Å².